The highest BCUT2D eigenvalue weighted by Crippen LogP contribution is 1.98. The van der Waals surface area contributed by atoms with Crippen LogP contribution in [-0.2, 0) is 0 Å². The molecule has 14 heavy (non-hydrogen) atoms. The Morgan fingerprint density at radius 1 is 1.07 bits per heavy atom. The van der Waals surface area contributed by atoms with E-state index in [1.165, 1.54) is 19.3 Å². The van der Waals surface area contributed by atoms with Crippen molar-refractivity contribution in [2.24, 2.45) is 0 Å². The number of hydrogen-bond acceptors (Lipinski definition) is 1. The molecule has 0 aliphatic rings. The van der Waals surface area contributed by atoms with Crippen LogP contribution in [0.5, 0.6) is 0 Å². The molecule has 0 unspecified atom stereocenters. The number of rotatable bonds is 8. The van der Waals surface area contributed by atoms with Crippen LogP contribution in [0.2, 0.25) is 0 Å². The summed E-state index contributed by atoms with van der Waals surface area (Å²) in [7, 11) is 0. The summed E-state index contributed by atoms with van der Waals surface area (Å²) in [5.41, 5.74) is 0. The molecule has 0 rings (SSSR count). The Hall–Kier alpha value is -0.750. The number of hydrogen-bond donors (Lipinski definition) is 0. The molecule has 0 bridgehead atoms. The predicted molar refractivity (Wildman–Crippen MR) is 61.7 cm³/mol. The van der Waals surface area contributed by atoms with Gasteiger partial charge in [0.05, 0.1) is 0 Å². The van der Waals surface area contributed by atoms with E-state index in [2.05, 4.69) is 19.7 Å². The average molecular weight is 197 g/mol. The topological polar surface area (TPSA) is 26.1 Å². The van der Waals surface area contributed by atoms with Crippen molar-refractivity contribution >= 4 is 5.87 Å². The Balaban J connectivity index is 3.50. The molecule has 0 aliphatic carbocycles. The van der Waals surface area contributed by atoms with Gasteiger partial charge < -0.3 is 5.21 Å². The van der Waals surface area contributed by atoms with Crippen LogP contribution in [0, 0.1) is 5.21 Å². The lowest BCUT2D eigenvalue weighted by atomic mass is 10.2. The van der Waals surface area contributed by atoms with Crippen LogP contribution in [0.1, 0.15) is 58.8 Å². The highest BCUT2D eigenvalue weighted by molar-refractivity contribution is 5.45. The van der Waals surface area contributed by atoms with E-state index in [0.717, 1.165) is 30.4 Å². The zero-order chi connectivity index (χ0) is 10.6. The van der Waals surface area contributed by atoms with Crippen molar-refractivity contribution in [3.05, 3.63) is 11.3 Å². The molecule has 0 spiro atoms. The van der Waals surface area contributed by atoms with Gasteiger partial charge in [0, 0.05) is 12.5 Å². The standard InChI is InChI=1S/C12H23NO/c1-3-5-7-9-11-13(14)12-10-8-6-4-2/h9H,3-8,10,12H2,1-2H3. The third-order valence-electron chi connectivity index (χ3n) is 2.15. The third-order valence-corrected chi connectivity index (χ3v) is 2.15. The Morgan fingerprint density at radius 3 is 2.43 bits per heavy atom. The van der Waals surface area contributed by atoms with Crippen LogP contribution in [0.3, 0.4) is 0 Å². The molecule has 0 radical (unpaired) electrons. The van der Waals surface area contributed by atoms with Crippen LogP contribution in [0.25, 0.3) is 0 Å². The van der Waals surface area contributed by atoms with Crippen molar-refractivity contribution < 1.29 is 4.74 Å². The second kappa shape index (κ2) is 10.3. The van der Waals surface area contributed by atoms with Gasteiger partial charge in [-0.3, -0.25) is 0 Å². The van der Waals surface area contributed by atoms with Crippen LogP contribution in [0.4, 0.5) is 0 Å². The molecular weight excluding hydrogens is 174 g/mol. The van der Waals surface area contributed by atoms with Gasteiger partial charge in [-0.25, -0.2) is 0 Å². The van der Waals surface area contributed by atoms with Gasteiger partial charge in [-0.05, 0) is 19.3 Å². The summed E-state index contributed by atoms with van der Waals surface area (Å²) in [6.07, 6.45) is 9.75. The number of hydroxylamine groups is 1. The van der Waals surface area contributed by atoms with E-state index in [1.54, 1.807) is 0 Å². The molecule has 0 saturated carbocycles. The molecule has 0 amide bonds. The summed E-state index contributed by atoms with van der Waals surface area (Å²) in [5, 5.41) is 11.1. The normalized spacial score (nSPS) is 9.57. The summed E-state index contributed by atoms with van der Waals surface area (Å²) in [5.74, 6) is 2.75. The largest absolute Gasteiger partial charge is 0.615 e. The first kappa shape index (κ1) is 13.2. The van der Waals surface area contributed by atoms with Crippen molar-refractivity contribution in [3.8, 4) is 0 Å². The fourth-order valence-corrected chi connectivity index (χ4v) is 1.22. The fourth-order valence-electron chi connectivity index (χ4n) is 1.22. The van der Waals surface area contributed by atoms with Crippen LogP contribution in [0.15, 0.2) is 6.08 Å². The van der Waals surface area contributed by atoms with Gasteiger partial charge >= 0.3 is 0 Å². The van der Waals surface area contributed by atoms with Gasteiger partial charge in [-0.1, -0.05) is 33.1 Å². The van der Waals surface area contributed by atoms with E-state index in [0.29, 0.717) is 6.54 Å². The number of nitrogens with zero attached hydrogens (tertiary/aromatic N) is 1. The van der Waals surface area contributed by atoms with E-state index < -0.39 is 0 Å². The molecule has 0 atom stereocenters. The van der Waals surface area contributed by atoms with Crippen molar-refractivity contribution in [2.75, 3.05) is 6.54 Å². The monoisotopic (exact) mass is 197 g/mol. The SMILES string of the molecule is CCCCC=C=[N+]([O-])CCCCCC. The molecule has 2 heteroatoms. The minimum absolute atomic E-state index is 0.600. The minimum atomic E-state index is 0.600. The molecule has 0 aromatic heterocycles. The third kappa shape index (κ3) is 9.34. The summed E-state index contributed by atoms with van der Waals surface area (Å²) in [6.45, 7) is 4.92. The quantitative estimate of drug-likeness (QED) is 0.192. The van der Waals surface area contributed by atoms with Crippen molar-refractivity contribution in [1.82, 2.24) is 0 Å². The fraction of sp³-hybridized carbons (Fsp3) is 0.833. The summed E-state index contributed by atoms with van der Waals surface area (Å²) in [4.78, 5) is 0. The summed E-state index contributed by atoms with van der Waals surface area (Å²) >= 11 is 0. The maximum atomic E-state index is 11.1. The smallest absolute Gasteiger partial charge is 0.175 e. The lowest BCUT2D eigenvalue weighted by molar-refractivity contribution is -0.450. The molecule has 0 aromatic carbocycles. The second-order valence-electron chi connectivity index (χ2n) is 3.64. The van der Waals surface area contributed by atoms with Crippen LogP contribution >= 0.6 is 0 Å². The average Bonchev–Trinajstić information content (AvgIpc) is 2.19. The summed E-state index contributed by atoms with van der Waals surface area (Å²) in [6, 6.07) is 0. The van der Waals surface area contributed by atoms with Crippen LogP contribution < -0.4 is 0 Å². The molecule has 0 saturated heterocycles. The molecule has 0 N–H and O–H groups in total. The van der Waals surface area contributed by atoms with E-state index >= 15 is 0 Å². The van der Waals surface area contributed by atoms with Crippen molar-refractivity contribution in [3.63, 3.8) is 0 Å². The van der Waals surface area contributed by atoms with Gasteiger partial charge in [0.2, 0.25) is 0 Å². The van der Waals surface area contributed by atoms with Gasteiger partial charge in [-0.2, -0.15) is 4.74 Å². The van der Waals surface area contributed by atoms with Gasteiger partial charge in [0.1, 0.15) is 0 Å². The van der Waals surface area contributed by atoms with Crippen molar-refractivity contribution in [2.45, 2.75) is 58.8 Å². The second-order valence-corrected chi connectivity index (χ2v) is 3.64. The van der Waals surface area contributed by atoms with E-state index in [1.807, 2.05) is 6.08 Å². The van der Waals surface area contributed by atoms with E-state index in [-0.39, 0.29) is 0 Å². The van der Waals surface area contributed by atoms with Gasteiger partial charge in [-0.15, -0.1) is 0 Å². The lowest BCUT2D eigenvalue weighted by Crippen LogP contribution is -2.03. The molecule has 0 heterocycles. The first-order valence-corrected chi connectivity index (χ1v) is 5.83. The highest BCUT2D eigenvalue weighted by atomic mass is 16.5. The van der Waals surface area contributed by atoms with Crippen molar-refractivity contribution in [1.29, 1.82) is 0 Å². The Kier molecular flexibility index (Phi) is 9.78. The highest BCUT2D eigenvalue weighted by Gasteiger charge is 1.91. The zero-order valence-corrected chi connectivity index (χ0v) is 9.59. The maximum Gasteiger partial charge on any atom is 0.175 e. The Labute approximate surface area is 87.9 Å². The molecule has 82 valence electrons. The molecular formula is C12H23NO. The van der Waals surface area contributed by atoms with E-state index in [4.69, 9.17) is 0 Å². The summed E-state index contributed by atoms with van der Waals surface area (Å²) < 4.78 is 0.936. The molecule has 0 aliphatic heterocycles. The predicted octanol–water partition coefficient (Wildman–Crippen LogP) is 3.49. The van der Waals surface area contributed by atoms with Gasteiger partial charge in [0.25, 0.3) is 0 Å². The van der Waals surface area contributed by atoms with E-state index in [9.17, 15) is 5.21 Å². The molecule has 2 nitrogen and oxygen atoms in total. The zero-order valence-electron chi connectivity index (χ0n) is 9.59. The van der Waals surface area contributed by atoms with Gasteiger partial charge in [0.15, 0.2) is 12.4 Å². The Morgan fingerprint density at radius 2 is 1.79 bits per heavy atom. The first-order valence-electron chi connectivity index (χ1n) is 5.83. The minimum Gasteiger partial charge on any atom is -0.615 e. The Bertz CT molecular complexity index is 181. The number of allylic oxidation sites excluding steroid dienone is 1. The van der Waals surface area contributed by atoms with Crippen LogP contribution in [-0.4, -0.2) is 17.2 Å². The first-order chi connectivity index (χ1) is 6.81. The molecule has 0 fully saturated rings. The maximum absolute atomic E-state index is 11.1. The number of unbranched alkanes of at least 4 members (excludes halogenated alkanes) is 5. The molecule has 0 aromatic rings. The lowest BCUT2D eigenvalue weighted by Gasteiger charge is -1.99.